The van der Waals surface area contributed by atoms with Crippen molar-refractivity contribution in [2.75, 3.05) is 14.2 Å². The zero-order valence-corrected chi connectivity index (χ0v) is 12.2. The Hall–Kier alpha value is -1.96. The molecule has 0 bridgehead atoms. The van der Waals surface area contributed by atoms with Crippen molar-refractivity contribution in [3.05, 3.63) is 17.0 Å². The number of pyridine rings is 1. The number of hydrogen-bond acceptors (Lipinski definition) is 5. The molecule has 0 saturated heterocycles. The van der Waals surface area contributed by atoms with E-state index in [4.69, 9.17) is 14.6 Å². The molecule has 2 aromatic rings. The largest absolute Gasteiger partial charge is 0.491 e. The molecule has 0 amide bonds. The highest BCUT2D eigenvalue weighted by Gasteiger charge is 2.34. The molecule has 0 aliphatic carbocycles. The van der Waals surface area contributed by atoms with Gasteiger partial charge >= 0.3 is 5.97 Å². The van der Waals surface area contributed by atoms with Crippen LogP contribution in [-0.4, -0.2) is 30.3 Å². The summed E-state index contributed by atoms with van der Waals surface area (Å²) in [6.45, 7) is 0. The molecule has 0 atom stereocenters. The Balaban J connectivity index is 2.40. The zero-order valence-electron chi connectivity index (χ0n) is 11.4. The first-order valence-electron chi connectivity index (χ1n) is 6.00. The highest BCUT2D eigenvalue weighted by atomic mass is 32.1. The Morgan fingerprint density at radius 1 is 1.38 bits per heavy atom. The van der Waals surface area contributed by atoms with Crippen molar-refractivity contribution >= 4 is 27.5 Å². The summed E-state index contributed by atoms with van der Waals surface area (Å²) >= 11 is 0.864. The molecule has 21 heavy (non-hydrogen) atoms. The quantitative estimate of drug-likeness (QED) is 0.885. The summed E-state index contributed by atoms with van der Waals surface area (Å²) in [5.41, 5.74) is 0.364. The van der Waals surface area contributed by atoms with Crippen LogP contribution in [0.5, 0.6) is 11.6 Å². The van der Waals surface area contributed by atoms with E-state index < -0.39 is 24.7 Å². The fraction of sp³-hybridized carbons (Fsp3) is 0.385. The molecule has 0 aromatic carbocycles. The van der Waals surface area contributed by atoms with Crippen LogP contribution in [0, 0.1) is 0 Å². The van der Waals surface area contributed by atoms with E-state index in [2.05, 4.69) is 4.98 Å². The average molecular weight is 317 g/mol. The average Bonchev–Trinajstić information content (AvgIpc) is 2.87. The van der Waals surface area contributed by atoms with Gasteiger partial charge in [-0.15, -0.1) is 11.3 Å². The van der Waals surface area contributed by atoms with E-state index in [1.807, 2.05) is 0 Å². The summed E-state index contributed by atoms with van der Waals surface area (Å²) in [5, 5.41) is 8.52. The highest BCUT2D eigenvalue weighted by molar-refractivity contribution is 7.19. The number of thiophene rings is 1. The number of aromatic nitrogens is 1. The number of rotatable bonds is 6. The lowest BCUT2D eigenvalue weighted by Crippen LogP contribution is -2.13. The molecule has 2 rings (SSSR count). The van der Waals surface area contributed by atoms with E-state index in [-0.39, 0.29) is 10.8 Å². The summed E-state index contributed by atoms with van der Waals surface area (Å²) < 4.78 is 38.6. The number of alkyl halides is 2. The van der Waals surface area contributed by atoms with Crippen molar-refractivity contribution in [1.29, 1.82) is 0 Å². The van der Waals surface area contributed by atoms with Gasteiger partial charge in [0.15, 0.2) is 5.75 Å². The number of aliphatic carboxylic acids is 1. The van der Waals surface area contributed by atoms with Gasteiger partial charge in [0.2, 0.25) is 0 Å². The lowest BCUT2D eigenvalue weighted by atomic mass is 10.1. The third-order valence-corrected chi connectivity index (χ3v) is 4.05. The fourth-order valence-corrected chi connectivity index (χ4v) is 2.83. The standard InChI is InChI=1S/C13H13F2NO4S/c1-19-8-6-9-7(16-12(8)20-2)5-10(21-9)13(14,15)4-3-11(17)18/h5-6H,3-4H2,1-2H3,(H,17,18). The van der Waals surface area contributed by atoms with Crippen molar-refractivity contribution in [3.63, 3.8) is 0 Å². The van der Waals surface area contributed by atoms with Gasteiger partial charge in [-0.3, -0.25) is 4.79 Å². The van der Waals surface area contributed by atoms with Gasteiger partial charge in [0.05, 0.1) is 35.7 Å². The number of hydrogen-bond donors (Lipinski definition) is 1. The van der Waals surface area contributed by atoms with Gasteiger partial charge in [-0.2, -0.15) is 0 Å². The van der Waals surface area contributed by atoms with Crippen LogP contribution in [-0.2, 0) is 10.7 Å². The summed E-state index contributed by atoms with van der Waals surface area (Å²) in [5.74, 6) is -3.89. The number of carboxylic acids is 1. The molecule has 0 unspecified atom stereocenters. The number of fused-ring (bicyclic) bond motifs is 1. The molecule has 114 valence electrons. The monoisotopic (exact) mass is 317 g/mol. The Morgan fingerprint density at radius 3 is 2.67 bits per heavy atom. The van der Waals surface area contributed by atoms with E-state index in [1.165, 1.54) is 20.3 Å². The molecule has 1 N–H and O–H groups in total. The van der Waals surface area contributed by atoms with E-state index in [9.17, 15) is 13.6 Å². The minimum Gasteiger partial charge on any atom is -0.491 e. The molecule has 0 fully saturated rings. The van der Waals surface area contributed by atoms with Crippen molar-refractivity contribution in [3.8, 4) is 11.6 Å². The minimum absolute atomic E-state index is 0.211. The van der Waals surface area contributed by atoms with Crippen LogP contribution >= 0.6 is 11.3 Å². The molecular weight excluding hydrogens is 304 g/mol. The minimum atomic E-state index is -3.20. The van der Waals surface area contributed by atoms with Crippen LogP contribution in [0.1, 0.15) is 17.7 Å². The normalized spacial score (nSPS) is 11.6. The number of halogens is 2. The Labute approximate surface area is 123 Å². The summed E-state index contributed by atoms with van der Waals surface area (Å²) in [6.07, 6.45) is -1.34. The van der Waals surface area contributed by atoms with Crippen LogP contribution in [0.2, 0.25) is 0 Å². The number of nitrogens with zero attached hydrogens (tertiary/aromatic N) is 1. The van der Waals surface area contributed by atoms with Gasteiger partial charge in [0.1, 0.15) is 0 Å². The van der Waals surface area contributed by atoms with Crippen LogP contribution in [0.15, 0.2) is 12.1 Å². The molecule has 0 aliphatic heterocycles. The Morgan fingerprint density at radius 2 is 2.10 bits per heavy atom. The van der Waals surface area contributed by atoms with Crippen molar-refractivity contribution in [2.24, 2.45) is 0 Å². The van der Waals surface area contributed by atoms with Crippen molar-refractivity contribution in [2.45, 2.75) is 18.8 Å². The zero-order chi connectivity index (χ0) is 15.6. The Kier molecular flexibility index (Phi) is 4.26. The van der Waals surface area contributed by atoms with Gasteiger partial charge in [-0.25, -0.2) is 13.8 Å². The molecule has 0 saturated carbocycles. The number of carboxylic acid groups (broad SMARTS) is 1. The third-order valence-electron chi connectivity index (χ3n) is 2.86. The number of methoxy groups -OCH3 is 2. The molecular formula is C13H13F2NO4S. The van der Waals surface area contributed by atoms with Crippen LogP contribution in [0.25, 0.3) is 10.2 Å². The van der Waals surface area contributed by atoms with Crippen LogP contribution in [0.4, 0.5) is 8.78 Å². The van der Waals surface area contributed by atoms with E-state index in [0.717, 1.165) is 11.3 Å². The first-order valence-corrected chi connectivity index (χ1v) is 6.81. The van der Waals surface area contributed by atoms with Crippen LogP contribution in [0.3, 0.4) is 0 Å². The second-order valence-corrected chi connectivity index (χ2v) is 5.38. The maximum atomic E-state index is 14.0. The third kappa shape index (κ3) is 3.21. The molecule has 8 heteroatoms. The molecule has 5 nitrogen and oxygen atoms in total. The van der Waals surface area contributed by atoms with Gasteiger partial charge < -0.3 is 14.6 Å². The summed E-state index contributed by atoms with van der Waals surface area (Å²) in [6, 6.07) is 2.83. The molecule has 2 heterocycles. The summed E-state index contributed by atoms with van der Waals surface area (Å²) in [7, 11) is 2.84. The second kappa shape index (κ2) is 5.80. The molecule has 0 radical (unpaired) electrons. The maximum Gasteiger partial charge on any atom is 0.303 e. The predicted molar refractivity (Wildman–Crippen MR) is 73.5 cm³/mol. The van der Waals surface area contributed by atoms with Crippen molar-refractivity contribution in [1.82, 2.24) is 4.98 Å². The number of carbonyl (C=O) groups is 1. The van der Waals surface area contributed by atoms with Crippen LogP contribution < -0.4 is 9.47 Å². The smallest absolute Gasteiger partial charge is 0.303 e. The Bertz CT molecular complexity index is 630. The summed E-state index contributed by atoms with van der Waals surface area (Å²) in [4.78, 5) is 14.3. The molecule has 0 aliphatic rings. The lowest BCUT2D eigenvalue weighted by Gasteiger charge is -2.12. The van der Waals surface area contributed by atoms with E-state index in [0.29, 0.717) is 16.0 Å². The van der Waals surface area contributed by atoms with Crippen molar-refractivity contribution < 1.29 is 28.2 Å². The lowest BCUT2D eigenvalue weighted by molar-refractivity contribution is -0.139. The predicted octanol–water partition coefficient (Wildman–Crippen LogP) is 3.27. The second-order valence-electron chi connectivity index (χ2n) is 4.29. The van der Waals surface area contributed by atoms with Gasteiger partial charge in [-0.05, 0) is 6.07 Å². The molecule has 2 aromatic heterocycles. The number of ether oxygens (including phenoxy) is 2. The van der Waals surface area contributed by atoms with Gasteiger partial charge in [0.25, 0.3) is 11.8 Å². The maximum absolute atomic E-state index is 14.0. The highest BCUT2D eigenvalue weighted by Crippen LogP contribution is 2.41. The van der Waals surface area contributed by atoms with E-state index in [1.54, 1.807) is 6.07 Å². The topological polar surface area (TPSA) is 68.7 Å². The van der Waals surface area contributed by atoms with E-state index >= 15 is 0 Å². The first-order chi connectivity index (χ1) is 9.87. The van der Waals surface area contributed by atoms with Gasteiger partial charge in [-0.1, -0.05) is 0 Å². The fourth-order valence-electron chi connectivity index (χ4n) is 1.79. The first kappa shape index (κ1) is 15.4. The SMILES string of the molecule is COc1cc2sc(C(F)(F)CCC(=O)O)cc2nc1OC. The van der Waals surface area contributed by atoms with Gasteiger partial charge in [0, 0.05) is 12.5 Å². The molecule has 0 spiro atoms.